The van der Waals surface area contributed by atoms with Gasteiger partial charge < -0.3 is 65.1 Å². The minimum absolute atomic E-state index is 0.258. The molecule has 2 aliphatic heterocycles. The Labute approximate surface area is 595 Å². The molecule has 14 nitrogen and oxygen atoms in total. The van der Waals surface area contributed by atoms with E-state index in [1.807, 2.05) is 6.08 Å². The highest BCUT2D eigenvalue weighted by molar-refractivity contribution is 5.76. The quantitative estimate of drug-likeness (QED) is 0.0204. The van der Waals surface area contributed by atoms with Gasteiger partial charge in [-0.15, -0.1) is 0 Å². The van der Waals surface area contributed by atoms with Crippen LogP contribution in [-0.2, 0) is 23.7 Å². The standard InChI is InChI=1S/C84H141NO13/c1-3-5-7-9-11-13-15-17-19-21-23-25-27-28-29-30-31-32-33-34-35-36-37-38-39-40-41-42-43-44-46-48-50-52-54-56-58-60-62-64-66-68-76(89)85-72(71-95-83-81(94)79(92)82(75(70-87)97-83)98-84-80(93)78(91)77(90)74(69-86)96-84)73(88)67-65-63-61-59-57-55-53-51-49-47-45-26-24-22-20-18-16-14-12-10-8-6-4-2/h5,7,11,13,17,19,23,25,28-29,31-32,34-35,37-38,40-41,49,51,57,59,65,67,72-75,77-84,86-88,90-94H,3-4,6,8-10,12,14-16,18,20-22,24,26-27,30,33,36,39,42-48,50,52-56,58,60-64,66,68-71H2,1-2H3,(H,85,89)/b7-5-,13-11-,19-17-,25-23-,29-28-,32-31-,35-34-,38-37-,41-40-,51-49+,59-57+,67-65+. The molecule has 0 spiro atoms. The Morgan fingerprint density at radius 1 is 0.378 bits per heavy atom. The lowest BCUT2D eigenvalue weighted by Gasteiger charge is -2.46. The monoisotopic (exact) mass is 1370 g/mol. The van der Waals surface area contributed by atoms with E-state index in [0.29, 0.717) is 12.8 Å². The first-order chi connectivity index (χ1) is 48.1. The summed E-state index contributed by atoms with van der Waals surface area (Å²) in [5.41, 5.74) is 0. The van der Waals surface area contributed by atoms with Crippen LogP contribution in [0.3, 0.4) is 0 Å². The van der Waals surface area contributed by atoms with Gasteiger partial charge in [-0.1, -0.05) is 307 Å². The number of aliphatic hydroxyl groups excluding tert-OH is 8. The van der Waals surface area contributed by atoms with Gasteiger partial charge >= 0.3 is 0 Å². The van der Waals surface area contributed by atoms with E-state index in [2.05, 4.69) is 153 Å². The molecule has 0 radical (unpaired) electrons. The van der Waals surface area contributed by atoms with E-state index >= 15 is 0 Å². The maximum absolute atomic E-state index is 13.4. The first-order valence-corrected chi connectivity index (χ1v) is 39.1. The van der Waals surface area contributed by atoms with Crippen LogP contribution in [0.15, 0.2) is 146 Å². The van der Waals surface area contributed by atoms with Crippen LogP contribution in [0.25, 0.3) is 0 Å². The molecule has 9 N–H and O–H groups in total. The summed E-state index contributed by atoms with van der Waals surface area (Å²) in [7, 11) is 0. The number of ether oxygens (including phenoxy) is 4. The van der Waals surface area contributed by atoms with Crippen LogP contribution in [0, 0.1) is 0 Å². The second-order valence-electron chi connectivity index (χ2n) is 26.7. The summed E-state index contributed by atoms with van der Waals surface area (Å²) >= 11 is 0. The molecule has 1 amide bonds. The van der Waals surface area contributed by atoms with Gasteiger partial charge in [0, 0.05) is 6.42 Å². The van der Waals surface area contributed by atoms with E-state index in [1.54, 1.807) is 6.08 Å². The maximum Gasteiger partial charge on any atom is 0.220 e. The fourth-order valence-corrected chi connectivity index (χ4v) is 11.8. The minimum Gasteiger partial charge on any atom is -0.394 e. The van der Waals surface area contributed by atoms with Crippen LogP contribution in [0.2, 0.25) is 0 Å². The summed E-state index contributed by atoms with van der Waals surface area (Å²) in [4.78, 5) is 13.4. The average molecular weight is 1370 g/mol. The van der Waals surface area contributed by atoms with Crippen LogP contribution >= 0.6 is 0 Å². The smallest absolute Gasteiger partial charge is 0.220 e. The Morgan fingerprint density at radius 3 is 1.12 bits per heavy atom. The fraction of sp³-hybridized carbons (Fsp3) is 0.702. The molecule has 560 valence electrons. The van der Waals surface area contributed by atoms with Gasteiger partial charge in [0.1, 0.15) is 48.8 Å². The summed E-state index contributed by atoms with van der Waals surface area (Å²) in [6.07, 6.45) is 83.4. The average Bonchev–Trinajstić information content (AvgIpc) is 0.793. The van der Waals surface area contributed by atoms with Gasteiger partial charge in [0.15, 0.2) is 12.6 Å². The van der Waals surface area contributed by atoms with E-state index < -0.39 is 86.8 Å². The van der Waals surface area contributed by atoms with Crippen molar-refractivity contribution < 1.29 is 64.6 Å². The largest absolute Gasteiger partial charge is 0.394 e. The Balaban J connectivity index is 1.63. The van der Waals surface area contributed by atoms with Crippen molar-refractivity contribution in [3.05, 3.63) is 146 Å². The molecule has 2 aliphatic rings. The molecule has 98 heavy (non-hydrogen) atoms. The number of hydrogen-bond acceptors (Lipinski definition) is 13. The molecule has 2 rings (SSSR count). The lowest BCUT2D eigenvalue weighted by molar-refractivity contribution is -0.359. The summed E-state index contributed by atoms with van der Waals surface area (Å²) in [6, 6.07) is -0.949. The topological polar surface area (TPSA) is 228 Å². The summed E-state index contributed by atoms with van der Waals surface area (Å²) in [6.45, 7) is 2.67. The molecular formula is C84H141NO13. The van der Waals surface area contributed by atoms with E-state index in [1.165, 1.54) is 141 Å². The molecule has 0 aliphatic carbocycles. The number of nitrogens with one attached hydrogen (secondary N) is 1. The van der Waals surface area contributed by atoms with E-state index in [4.69, 9.17) is 18.9 Å². The molecule has 0 aromatic heterocycles. The highest BCUT2D eigenvalue weighted by atomic mass is 16.7. The third-order valence-electron chi connectivity index (χ3n) is 18.0. The van der Waals surface area contributed by atoms with E-state index in [0.717, 1.165) is 109 Å². The third-order valence-corrected chi connectivity index (χ3v) is 18.0. The molecule has 2 heterocycles. The van der Waals surface area contributed by atoms with Crippen molar-refractivity contribution in [2.45, 2.75) is 357 Å². The number of aliphatic hydroxyl groups is 8. The maximum atomic E-state index is 13.4. The van der Waals surface area contributed by atoms with Crippen molar-refractivity contribution in [2.75, 3.05) is 19.8 Å². The van der Waals surface area contributed by atoms with E-state index in [-0.39, 0.29) is 18.9 Å². The van der Waals surface area contributed by atoms with Crippen LogP contribution < -0.4 is 5.32 Å². The Morgan fingerprint density at radius 2 is 0.714 bits per heavy atom. The van der Waals surface area contributed by atoms with Gasteiger partial charge in [0.05, 0.1) is 32.0 Å². The number of allylic oxidation sites excluding steroid dienone is 23. The predicted molar refractivity (Wildman–Crippen MR) is 405 cm³/mol. The van der Waals surface area contributed by atoms with Gasteiger partial charge in [-0.2, -0.15) is 0 Å². The zero-order valence-corrected chi connectivity index (χ0v) is 61.2. The zero-order valence-electron chi connectivity index (χ0n) is 61.2. The van der Waals surface area contributed by atoms with E-state index in [9.17, 15) is 45.6 Å². The number of carbonyl (C=O) groups excluding carboxylic acids is 1. The zero-order chi connectivity index (χ0) is 70.8. The Kier molecular flexibility index (Phi) is 60.7. The lowest BCUT2D eigenvalue weighted by atomic mass is 9.97. The Hall–Kier alpha value is -4.13. The van der Waals surface area contributed by atoms with Gasteiger partial charge in [0.25, 0.3) is 0 Å². The van der Waals surface area contributed by atoms with Gasteiger partial charge in [-0.3, -0.25) is 4.79 Å². The number of unbranched alkanes of at least 4 members (excludes halogenated alkanes) is 28. The van der Waals surface area contributed by atoms with Crippen LogP contribution in [-0.4, -0.2) is 140 Å². The number of rotatable bonds is 63. The highest BCUT2D eigenvalue weighted by Crippen LogP contribution is 2.30. The molecular weight excluding hydrogens is 1230 g/mol. The van der Waals surface area contributed by atoms with Gasteiger partial charge in [0.2, 0.25) is 5.91 Å². The second kappa shape index (κ2) is 66.1. The SMILES string of the molecule is CC/C=C\C/C=C\C/C=C\C/C=C\C/C=C\C/C=C\C/C=C\C/C=C\C/C=C\CCCCCCCCCCCCCCCC(=O)NC(COC1OC(CO)C(OC2OC(CO)C(O)C(O)C2O)C(O)C1O)C(O)/C=C/CC/C=C/CC/C=C/CCCCCCCCCCCCCCC. The summed E-state index contributed by atoms with van der Waals surface area (Å²) in [5, 5.41) is 87.6. The van der Waals surface area contributed by atoms with Crippen molar-refractivity contribution in [3.63, 3.8) is 0 Å². The van der Waals surface area contributed by atoms with Crippen LogP contribution in [0.1, 0.15) is 284 Å². The molecule has 0 aromatic carbocycles. The third kappa shape index (κ3) is 48.7. The van der Waals surface area contributed by atoms with Crippen molar-refractivity contribution in [1.29, 1.82) is 0 Å². The molecule has 14 heteroatoms. The molecule has 2 fully saturated rings. The fourth-order valence-electron chi connectivity index (χ4n) is 11.8. The molecule has 12 unspecified atom stereocenters. The van der Waals surface area contributed by atoms with Crippen molar-refractivity contribution in [1.82, 2.24) is 5.32 Å². The van der Waals surface area contributed by atoms with Gasteiger partial charge in [-0.05, 0) is 116 Å². The molecule has 2 saturated heterocycles. The van der Waals surface area contributed by atoms with Crippen LogP contribution in [0.4, 0.5) is 0 Å². The number of carbonyl (C=O) groups is 1. The number of hydrogen-bond donors (Lipinski definition) is 9. The lowest BCUT2D eigenvalue weighted by Crippen LogP contribution is -2.65. The Bertz CT molecular complexity index is 2210. The molecule has 0 aromatic rings. The van der Waals surface area contributed by atoms with Gasteiger partial charge in [-0.25, -0.2) is 0 Å². The molecule has 0 bridgehead atoms. The molecule has 12 atom stereocenters. The van der Waals surface area contributed by atoms with Crippen molar-refractivity contribution >= 4 is 5.91 Å². The van der Waals surface area contributed by atoms with Crippen LogP contribution in [0.5, 0.6) is 0 Å². The minimum atomic E-state index is -1.80. The first-order valence-electron chi connectivity index (χ1n) is 39.1. The summed E-state index contributed by atoms with van der Waals surface area (Å²) < 4.78 is 22.9. The highest BCUT2D eigenvalue weighted by Gasteiger charge is 2.51. The predicted octanol–water partition coefficient (Wildman–Crippen LogP) is 17.6. The second-order valence-corrected chi connectivity index (χ2v) is 26.7. The first kappa shape index (κ1) is 90.0. The molecule has 0 saturated carbocycles. The summed E-state index contributed by atoms with van der Waals surface area (Å²) in [5.74, 6) is -0.258. The van der Waals surface area contributed by atoms with Crippen molar-refractivity contribution in [3.8, 4) is 0 Å². The number of amides is 1. The normalized spacial score (nSPS) is 22.9. The van der Waals surface area contributed by atoms with Crippen molar-refractivity contribution in [2.24, 2.45) is 0 Å².